The highest BCUT2D eigenvalue weighted by atomic mass is 35.5. The molecule has 1 atom stereocenters. The molecule has 0 heterocycles. The fraction of sp³-hybridized carbons (Fsp3) is 0.417. The number of carbonyl (C=O) groups is 1. The van der Waals surface area contributed by atoms with Gasteiger partial charge in [-0.15, -0.1) is 0 Å². The van der Waals surface area contributed by atoms with Crippen LogP contribution in [-0.4, -0.2) is 31.8 Å². The average Bonchev–Trinajstić information content (AvgIpc) is 2.28. The van der Waals surface area contributed by atoms with Crippen molar-refractivity contribution in [2.24, 2.45) is 0 Å². The van der Waals surface area contributed by atoms with Gasteiger partial charge in [0.05, 0.1) is 17.0 Å². The van der Waals surface area contributed by atoms with Crippen LogP contribution in [0.3, 0.4) is 0 Å². The van der Waals surface area contributed by atoms with Gasteiger partial charge in [-0.2, -0.15) is 0 Å². The van der Waals surface area contributed by atoms with Crippen LogP contribution in [0.4, 0.5) is 11.4 Å². The summed E-state index contributed by atoms with van der Waals surface area (Å²) in [5, 5.41) is 12.0. The van der Waals surface area contributed by atoms with Crippen LogP contribution in [0.2, 0.25) is 5.02 Å². The van der Waals surface area contributed by atoms with Crippen LogP contribution in [0.1, 0.15) is 19.8 Å². The Balaban J connectivity index is 2.70. The van der Waals surface area contributed by atoms with E-state index in [1.165, 1.54) is 0 Å². The van der Waals surface area contributed by atoms with Crippen molar-refractivity contribution in [1.29, 1.82) is 0 Å². The highest BCUT2D eigenvalue weighted by molar-refractivity contribution is 7.92. The molecule has 1 aromatic carbocycles. The number of rotatable bonds is 7. The second-order valence-corrected chi connectivity index (χ2v) is 6.70. The quantitative estimate of drug-likeness (QED) is 0.717. The largest absolute Gasteiger partial charge is 0.481 e. The molecule has 0 fully saturated rings. The van der Waals surface area contributed by atoms with Crippen molar-refractivity contribution in [1.82, 2.24) is 0 Å². The minimum atomic E-state index is -3.37. The van der Waals surface area contributed by atoms with Crippen molar-refractivity contribution in [2.75, 3.05) is 16.3 Å². The Morgan fingerprint density at radius 2 is 2.10 bits per heavy atom. The lowest BCUT2D eigenvalue weighted by Gasteiger charge is -2.15. The number of aliphatic carboxylic acids is 1. The maximum Gasteiger partial charge on any atom is 0.303 e. The Labute approximate surface area is 123 Å². The van der Waals surface area contributed by atoms with E-state index in [1.54, 1.807) is 18.2 Å². The van der Waals surface area contributed by atoms with Gasteiger partial charge >= 0.3 is 5.97 Å². The zero-order valence-electron chi connectivity index (χ0n) is 11.2. The third kappa shape index (κ3) is 6.12. The lowest BCUT2D eigenvalue weighted by Crippen LogP contribution is -2.16. The van der Waals surface area contributed by atoms with Crippen molar-refractivity contribution in [2.45, 2.75) is 25.8 Å². The third-order valence-electron chi connectivity index (χ3n) is 2.47. The van der Waals surface area contributed by atoms with E-state index in [4.69, 9.17) is 16.7 Å². The molecular weight excluding hydrogens is 304 g/mol. The molecule has 0 amide bonds. The molecule has 0 aliphatic heterocycles. The molecule has 8 heteroatoms. The Kier molecular flexibility index (Phi) is 5.64. The third-order valence-corrected chi connectivity index (χ3v) is 3.37. The van der Waals surface area contributed by atoms with Gasteiger partial charge in [0.2, 0.25) is 10.0 Å². The van der Waals surface area contributed by atoms with Crippen molar-refractivity contribution in [3.8, 4) is 0 Å². The van der Waals surface area contributed by atoms with Gasteiger partial charge in [0.25, 0.3) is 0 Å². The Morgan fingerprint density at radius 1 is 1.45 bits per heavy atom. The minimum absolute atomic E-state index is 0.0316. The lowest BCUT2D eigenvalue weighted by molar-refractivity contribution is -0.137. The van der Waals surface area contributed by atoms with Crippen LogP contribution in [-0.2, 0) is 14.8 Å². The fourth-order valence-corrected chi connectivity index (χ4v) is 2.45. The van der Waals surface area contributed by atoms with E-state index in [9.17, 15) is 13.2 Å². The van der Waals surface area contributed by atoms with Crippen molar-refractivity contribution in [3.63, 3.8) is 0 Å². The first kappa shape index (κ1) is 16.6. The van der Waals surface area contributed by atoms with Gasteiger partial charge in [-0.1, -0.05) is 11.6 Å². The fourth-order valence-electron chi connectivity index (χ4n) is 1.58. The summed E-state index contributed by atoms with van der Waals surface area (Å²) in [6.07, 6.45) is 1.61. The van der Waals surface area contributed by atoms with Crippen LogP contribution in [0.25, 0.3) is 0 Å². The Bertz CT molecular complexity index is 589. The van der Waals surface area contributed by atoms with E-state index in [1.807, 2.05) is 6.92 Å². The zero-order chi connectivity index (χ0) is 15.3. The summed E-state index contributed by atoms with van der Waals surface area (Å²) in [6, 6.07) is 4.79. The van der Waals surface area contributed by atoms with Crippen LogP contribution in [0.5, 0.6) is 0 Å². The molecule has 0 aliphatic carbocycles. The summed E-state index contributed by atoms with van der Waals surface area (Å²) in [5.41, 5.74) is 1.00. The van der Waals surface area contributed by atoms with Crippen molar-refractivity contribution in [3.05, 3.63) is 23.2 Å². The van der Waals surface area contributed by atoms with Gasteiger partial charge in [0.15, 0.2) is 0 Å². The molecule has 0 aliphatic rings. The molecule has 0 aromatic heterocycles. The predicted octanol–water partition coefficient (Wildman–Crippen LogP) is 2.38. The molecule has 0 radical (unpaired) electrons. The molecule has 112 valence electrons. The van der Waals surface area contributed by atoms with E-state index in [0.717, 1.165) is 6.26 Å². The van der Waals surface area contributed by atoms with Crippen LogP contribution in [0, 0.1) is 0 Å². The number of carboxylic acids is 1. The predicted molar refractivity (Wildman–Crippen MR) is 79.9 cm³/mol. The monoisotopic (exact) mass is 320 g/mol. The molecular formula is C12H17ClN2O4S. The topological polar surface area (TPSA) is 95.5 Å². The molecule has 0 spiro atoms. The number of halogens is 1. The zero-order valence-corrected chi connectivity index (χ0v) is 12.8. The number of sulfonamides is 1. The van der Waals surface area contributed by atoms with E-state index < -0.39 is 16.0 Å². The Morgan fingerprint density at radius 3 is 2.60 bits per heavy atom. The number of benzene rings is 1. The van der Waals surface area contributed by atoms with Crippen LogP contribution >= 0.6 is 11.6 Å². The summed E-state index contributed by atoms with van der Waals surface area (Å²) in [4.78, 5) is 10.5. The molecule has 1 unspecified atom stereocenters. The maximum absolute atomic E-state index is 11.1. The molecule has 1 rings (SSSR count). The lowest BCUT2D eigenvalue weighted by atomic mass is 10.1. The van der Waals surface area contributed by atoms with Gasteiger partial charge in [-0.05, 0) is 31.5 Å². The van der Waals surface area contributed by atoms with E-state index >= 15 is 0 Å². The number of nitrogens with one attached hydrogen (secondary N) is 2. The van der Waals surface area contributed by atoms with Gasteiger partial charge in [0, 0.05) is 18.2 Å². The molecule has 20 heavy (non-hydrogen) atoms. The highest BCUT2D eigenvalue weighted by Crippen LogP contribution is 2.26. The first-order chi connectivity index (χ1) is 9.17. The minimum Gasteiger partial charge on any atom is -0.481 e. The highest BCUT2D eigenvalue weighted by Gasteiger charge is 2.09. The summed E-state index contributed by atoms with van der Waals surface area (Å²) < 4.78 is 24.6. The second kappa shape index (κ2) is 6.81. The Hall–Kier alpha value is -1.47. The number of hydrogen-bond donors (Lipinski definition) is 3. The van der Waals surface area contributed by atoms with Gasteiger partial charge in [-0.25, -0.2) is 8.42 Å². The van der Waals surface area contributed by atoms with Crippen LogP contribution < -0.4 is 10.0 Å². The molecule has 6 nitrogen and oxygen atoms in total. The van der Waals surface area contributed by atoms with Crippen LogP contribution in [0.15, 0.2) is 18.2 Å². The molecule has 3 N–H and O–H groups in total. The normalized spacial score (nSPS) is 12.8. The van der Waals surface area contributed by atoms with Crippen molar-refractivity contribution < 1.29 is 18.3 Å². The molecule has 1 aromatic rings. The van der Waals surface area contributed by atoms with E-state index in [0.29, 0.717) is 17.8 Å². The number of hydrogen-bond acceptors (Lipinski definition) is 4. The molecule has 0 saturated carbocycles. The SMILES string of the molecule is CC(CCC(=O)O)Nc1ccc(NS(C)(=O)=O)c(Cl)c1. The summed E-state index contributed by atoms with van der Waals surface area (Å²) >= 11 is 5.99. The van der Waals surface area contributed by atoms with Gasteiger partial charge < -0.3 is 10.4 Å². The van der Waals surface area contributed by atoms with E-state index in [2.05, 4.69) is 10.0 Å². The number of carboxylic acid groups (broad SMARTS) is 1. The average molecular weight is 321 g/mol. The number of anilines is 2. The second-order valence-electron chi connectivity index (χ2n) is 4.55. The summed E-state index contributed by atoms with van der Waals surface area (Å²) in [7, 11) is -3.37. The maximum atomic E-state index is 11.1. The van der Waals surface area contributed by atoms with Crippen molar-refractivity contribution >= 4 is 39.0 Å². The summed E-state index contributed by atoms with van der Waals surface area (Å²) in [5.74, 6) is -0.843. The first-order valence-corrected chi connectivity index (χ1v) is 8.20. The van der Waals surface area contributed by atoms with Gasteiger partial charge in [-0.3, -0.25) is 9.52 Å². The standard InChI is InChI=1S/C12H17ClN2O4S/c1-8(3-6-12(16)17)14-9-4-5-11(10(13)7-9)15-20(2,18)19/h4-5,7-8,14-15H,3,6H2,1-2H3,(H,16,17). The smallest absolute Gasteiger partial charge is 0.303 e. The molecule has 0 saturated heterocycles. The summed E-state index contributed by atoms with van der Waals surface area (Å²) in [6.45, 7) is 1.86. The molecule has 0 bridgehead atoms. The van der Waals surface area contributed by atoms with Gasteiger partial charge in [0.1, 0.15) is 0 Å². The van der Waals surface area contributed by atoms with E-state index in [-0.39, 0.29) is 17.5 Å². The first-order valence-electron chi connectivity index (χ1n) is 5.93.